The molecule has 1 heterocycles. The summed E-state index contributed by atoms with van der Waals surface area (Å²) >= 11 is 0. The highest BCUT2D eigenvalue weighted by molar-refractivity contribution is 6.52. The van der Waals surface area contributed by atoms with E-state index >= 15 is 0 Å². The number of anilines is 1. The lowest BCUT2D eigenvalue weighted by molar-refractivity contribution is -0.147. The molecular formula is C15H14N2O5. The molecule has 3 rings (SSSR count). The summed E-state index contributed by atoms with van der Waals surface area (Å²) in [6.07, 6.45) is 1.89. The van der Waals surface area contributed by atoms with Crippen molar-refractivity contribution >= 4 is 29.3 Å². The third kappa shape index (κ3) is 2.83. The average Bonchev–Trinajstić information content (AvgIpc) is 3.29. The highest BCUT2D eigenvalue weighted by Gasteiger charge is 2.36. The second-order valence-electron chi connectivity index (χ2n) is 5.24. The Morgan fingerprint density at radius 1 is 1.23 bits per heavy atom. The van der Waals surface area contributed by atoms with Crippen LogP contribution in [-0.2, 0) is 19.1 Å². The fourth-order valence-electron chi connectivity index (χ4n) is 2.22. The first-order valence-electron chi connectivity index (χ1n) is 6.96. The van der Waals surface area contributed by atoms with Crippen LogP contribution in [0.3, 0.4) is 0 Å². The number of carbonyl (C=O) groups excluding carboxylic acids is 4. The van der Waals surface area contributed by atoms with Crippen molar-refractivity contribution < 1.29 is 23.9 Å². The van der Waals surface area contributed by atoms with Crippen LogP contribution in [0.4, 0.5) is 5.69 Å². The molecule has 1 aliphatic carbocycles. The van der Waals surface area contributed by atoms with Gasteiger partial charge in [0.05, 0.1) is 11.3 Å². The van der Waals surface area contributed by atoms with E-state index in [1.165, 1.54) is 6.07 Å². The maximum atomic E-state index is 11.9. The Morgan fingerprint density at radius 3 is 2.68 bits per heavy atom. The lowest BCUT2D eigenvalue weighted by Crippen LogP contribution is -2.37. The molecule has 0 spiro atoms. The predicted molar refractivity (Wildman–Crippen MR) is 75.2 cm³/mol. The highest BCUT2D eigenvalue weighted by atomic mass is 16.5. The quantitative estimate of drug-likeness (QED) is 0.612. The minimum atomic E-state index is -0.763. The Bertz CT molecular complexity index is 666. The van der Waals surface area contributed by atoms with Gasteiger partial charge >= 0.3 is 5.97 Å². The zero-order chi connectivity index (χ0) is 15.7. The number of benzene rings is 1. The van der Waals surface area contributed by atoms with Crippen LogP contribution in [0.25, 0.3) is 0 Å². The molecular weight excluding hydrogens is 288 g/mol. The Kier molecular flexibility index (Phi) is 3.62. The van der Waals surface area contributed by atoms with Gasteiger partial charge < -0.3 is 10.1 Å². The first-order chi connectivity index (χ1) is 10.6. The molecule has 1 aromatic rings. The van der Waals surface area contributed by atoms with Crippen LogP contribution in [0.15, 0.2) is 24.3 Å². The normalized spacial score (nSPS) is 16.5. The Hall–Kier alpha value is -2.70. The molecule has 1 N–H and O–H groups in total. The molecule has 0 radical (unpaired) electrons. The SMILES string of the molecule is O=C(COC(=O)CN1C(=O)C(=O)c2ccccc21)NC1CC1. The number of fused-ring (bicyclic) bond motifs is 1. The van der Waals surface area contributed by atoms with E-state index in [9.17, 15) is 19.2 Å². The smallest absolute Gasteiger partial charge is 0.326 e. The van der Waals surface area contributed by atoms with Crippen molar-refractivity contribution in [2.24, 2.45) is 0 Å². The highest BCUT2D eigenvalue weighted by Crippen LogP contribution is 2.28. The Labute approximate surface area is 126 Å². The summed E-state index contributed by atoms with van der Waals surface area (Å²) in [5.41, 5.74) is 0.656. The first kappa shape index (κ1) is 14.2. The van der Waals surface area contributed by atoms with Gasteiger partial charge in [0.15, 0.2) is 6.61 Å². The van der Waals surface area contributed by atoms with Crippen molar-refractivity contribution in [1.29, 1.82) is 0 Å². The lowest BCUT2D eigenvalue weighted by Gasteiger charge is -2.15. The van der Waals surface area contributed by atoms with E-state index in [0.717, 1.165) is 17.7 Å². The molecule has 7 heteroatoms. The monoisotopic (exact) mass is 302 g/mol. The van der Waals surface area contributed by atoms with E-state index in [1.807, 2.05) is 0 Å². The largest absolute Gasteiger partial charge is 0.454 e. The Morgan fingerprint density at radius 2 is 1.95 bits per heavy atom. The van der Waals surface area contributed by atoms with Gasteiger partial charge in [-0.1, -0.05) is 12.1 Å². The molecule has 1 aromatic carbocycles. The minimum Gasteiger partial charge on any atom is -0.454 e. The molecule has 2 aliphatic rings. The summed E-state index contributed by atoms with van der Waals surface area (Å²) < 4.78 is 4.84. The zero-order valence-corrected chi connectivity index (χ0v) is 11.7. The maximum absolute atomic E-state index is 11.9. The number of para-hydroxylation sites is 1. The van der Waals surface area contributed by atoms with Crippen molar-refractivity contribution in [1.82, 2.24) is 5.32 Å². The van der Waals surface area contributed by atoms with Gasteiger partial charge in [0.1, 0.15) is 6.54 Å². The molecule has 0 unspecified atom stereocenters. The van der Waals surface area contributed by atoms with Crippen LogP contribution in [0, 0.1) is 0 Å². The number of amides is 2. The summed E-state index contributed by atoms with van der Waals surface area (Å²) in [6.45, 7) is -0.773. The van der Waals surface area contributed by atoms with E-state index in [4.69, 9.17) is 4.74 Å². The van der Waals surface area contributed by atoms with E-state index in [0.29, 0.717) is 5.69 Å². The fraction of sp³-hybridized carbons (Fsp3) is 0.333. The third-order valence-electron chi connectivity index (χ3n) is 3.47. The molecule has 114 valence electrons. The average molecular weight is 302 g/mol. The van der Waals surface area contributed by atoms with Crippen LogP contribution < -0.4 is 10.2 Å². The van der Waals surface area contributed by atoms with Gasteiger partial charge in [0, 0.05) is 6.04 Å². The van der Waals surface area contributed by atoms with Crippen LogP contribution in [0.2, 0.25) is 0 Å². The molecule has 22 heavy (non-hydrogen) atoms. The number of hydrogen-bond acceptors (Lipinski definition) is 5. The first-order valence-corrected chi connectivity index (χ1v) is 6.96. The molecule has 1 saturated carbocycles. The fourth-order valence-corrected chi connectivity index (χ4v) is 2.22. The standard InChI is InChI=1S/C15H14N2O5/c18-12(16-9-5-6-9)8-22-13(19)7-17-11-4-2-1-3-10(11)14(20)15(17)21/h1-4,9H,5-8H2,(H,16,18). The van der Waals surface area contributed by atoms with Crippen molar-refractivity contribution in [2.75, 3.05) is 18.1 Å². The van der Waals surface area contributed by atoms with Gasteiger partial charge in [-0.25, -0.2) is 0 Å². The topological polar surface area (TPSA) is 92.8 Å². The molecule has 2 amide bonds. The predicted octanol–water partition coefficient (Wildman–Crippen LogP) is 0.0377. The van der Waals surface area contributed by atoms with E-state index in [1.54, 1.807) is 18.2 Å². The van der Waals surface area contributed by atoms with Crippen molar-refractivity contribution in [2.45, 2.75) is 18.9 Å². The van der Waals surface area contributed by atoms with Gasteiger partial charge in [-0.2, -0.15) is 0 Å². The number of ketones is 1. The van der Waals surface area contributed by atoms with E-state index in [2.05, 4.69) is 5.32 Å². The van der Waals surface area contributed by atoms with Gasteiger partial charge in [0.2, 0.25) is 0 Å². The molecule has 0 aromatic heterocycles. The van der Waals surface area contributed by atoms with Crippen molar-refractivity contribution in [3.8, 4) is 0 Å². The Balaban J connectivity index is 1.58. The lowest BCUT2D eigenvalue weighted by atomic mass is 10.1. The molecule has 0 bridgehead atoms. The minimum absolute atomic E-state index is 0.191. The summed E-state index contributed by atoms with van der Waals surface area (Å²) in [4.78, 5) is 47.9. The molecule has 1 fully saturated rings. The van der Waals surface area contributed by atoms with Gasteiger partial charge in [-0.15, -0.1) is 0 Å². The number of nitrogens with one attached hydrogen (secondary N) is 1. The maximum Gasteiger partial charge on any atom is 0.326 e. The van der Waals surface area contributed by atoms with E-state index in [-0.39, 0.29) is 24.1 Å². The number of Topliss-reactive ketones (excluding diaryl/α,β-unsaturated/α-hetero) is 1. The second kappa shape index (κ2) is 5.59. The molecule has 1 aliphatic heterocycles. The number of rotatable bonds is 5. The number of esters is 1. The number of carbonyl (C=O) groups is 4. The van der Waals surface area contributed by atoms with Gasteiger partial charge in [-0.3, -0.25) is 24.1 Å². The van der Waals surface area contributed by atoms with Gasteiger partial charge in [0.25, 0.3) is 17.6 Å². The van der Waals surface area contributed by atoms with E-state index < -0.39 is 24.2 Å². The number of nitrogens with zero attached hydrogens (tertiary/aromatic N) is 1. The van der Waals surface area contributed by atoms with Crippen LogP contribution >= 0.6 is 0 Å². The van der Waals surface area contributed by atoms with Crippen LogP contribution in [0.5, 0.6) is 0 Å². The summed E-state index contributed by atoms with van der Waals surface area (Å²) in [5.74, 6) is -2.50. The third-order valence-corrected chi connectivity index (χ3v) is 3.47. The van der Waals surface area contributed by atoms with Crippen LogP contribution in [-0.4, -0.2) is 42.8 Å². The van der Waals surface area contributed by atoms with Crippen LogP contribution in [0.1, 0.15) is 23.2 Å². The molecule has 0 atom stereocenters. The van der Waals surface area contributed by atoms with Crippen molar-refractivity contribution in [3.63, 3.8) is 0 Å². The molecule has 7 nitrogen and oxygen atoms in total. The summed E-state index contributed by atoms with van der Waals surface area (Å²) in [7, 11) is 0. The number of hydrogen-bond donors (Lipinski definition) is 1. The molecule has 0 saturated heterocycles. The van der Waals surface area contributed by atoms with Crippen molar-refractivity contribution in [3.05, 3.63) is 29.8 Å². The van der Waals surface area contributed by atoms with Gasteiger partial charge in [-0.05, 0) is 25.0 Å². The second-order valence-corrected chi connectivity index (χ2v) is 5.24. The summed E-state index contributed by atoms with van der Waals surface area (Å²) in [6, 6.07) is 6.63. The number of ether oxygens (including phenoxy) is 1. The zero-order valence-electron chi connectivity index (χ0n) is 11.7. The summed E-state index contributed by atoms with van der Waals surface area (Å²) in [5, 5.41) is 2.68.